The third kappa shape index (κ3) is 6.08. The summed E-state index contributed by atoms with van der Waals surface area (Å²) in [7, 11) is 0. The van der Waals surface area contributed by atoms with Gasteiger partial charge in [0, 0.05) is 17.4 Å². The summed E-state index contributed by atoms with van der Waals surface area (Å²) < 4.78 is 2.42. The van der Waals surface area contributed by atoms with Crippen LogP contribution in [0.2, 0.25) is 0 Å². The highest BCUT2D eigenvalue weighted by atomic mass is 79.9. The van der Waals surface area contributed by atoms with E-state index in [4.69, 9.17) is 0 Å². The molecule has 0 bridgehead atoms. The maximum Gasteiger partial charge on any atom is 0.0358 e. The van der Waals surface area contributed by atoms with Crippen molar-refractivity contribution in [3.63, 3.8) is 0 Å². The highest BCUT2D eigenvalue weighted by Crippen LogP contribution is 2.19. The van der Waals surface area contributed by atoms with Crippen LogP contribution in [0.25, 0.3) is 0 Å². The van der Waals surface area contributed by atoms with Crippen molar-refractivity contribution in [3.8, 4) is 0 Å². The van der Waals surface area contributed by atoms with Crippen molar-refractivity contribution in [1.29, 1.82) is 0 Å². The van der Waals surface area contributed by atoms with E-state index < -0.39 is 0 Å². The molecule has 18 heavy (non-hydrogen) atoms. The summed E-state index contributed by atoms with van der Waals surface area (Å²) in [6.45, 7) is 9.10. The lowest BCUT2D eigenvalue weighted by atomic mass is 10.1. The number of aryl methyl sites for hydroxylation is 1. The second-order valence-electron chi connectivity index (χ2n) is 6.06. The van der Waals surface area contributed by atoms with Gasteiger partial charge in [0.1, 0.15) is 0 Å². The number of rotatable bonds is 7. The summed E-state index contributed by atoms with van der Waals surface area (Å²) in [4.78, 5) is 0. The van der Waals surface area contributed by atoms with E-state index in [1.165, 1.54) is 50.6 Å². The second kappa shape index (κ2) is 8.79. The first-order valence-electron chi connectivity index (χ1n) is 7.22. The summed E-state index contributed by atoms with van der Waals surface area (Å²) in [6, 6.07) is 4.45. The molecule has 1 heterocycles. The van der Waals surface area contributed by atoms with Gasteiger partial charge in [0.25, 0.3) is 0 Å². The van der Waals surface area contributed by atoms with E-state index in [2.05, 4.69) is 50.6 Å². The highest BCUT2D eigenvalue weighted by Gasteiger charge is 2.14. The number of halogens is 1. The maximum atomic E-state index is 2.42. The highest BCUT2D eigenvalue weighted by molar-refractivity contribution is 8.93. The number of nitrogens with zero attached hydrogens (tertiary/aromatic N) is 1. The lowest BCUT2D eigenvalue weighted by molar-refractivity contribution is 0.384. The predicted molar refractivity (Wildman–Crippen MR) is 86.8 cm³/mol. The zero-order chi connectivity index (χ0) is 12.7. The second-order valence-corrected chi connectivity index (χ2v) is 6.06. The third-order valence-electron chi connectivity index (χ3n) is 3.34. The molecule has 0 fully saturated rings. The number of unbranched alkanes of at least 4 members (excludes halogenated alkanes) is 5. The Bertz CT molecular complexity index is 309. The average molecular weight is 316 g/mol. The molecule has 2 heteroatoms. The van der Waals surface area contributed by atoms with Gasteiger partial charge in [-0.1, -0.05) is 39.0 Å². The SMILES string of the molecule is Br.CCCCCCCCc1cccn1C(C)(C)C. The molecule has 0 amide bonds. The Hall–Kier alpha value is -0.240. The van der Waals surface area contributed by atoms with Crippen LogP contribution in [0.4, 0.5) is 0 Å². The predicted octanol–water partition coefficient (Wildman–Crippen LogP) is 5.72. The van der Waals surface area contributed by atoms with E-state index in [1.54, 1.807) is 0 Å². The van der Waals surface area contributed by atoms with Crippen LogP contribution < -0.4 is 0 Å². The van der Waals surface area contributed by atoms with Crippen molar-refractivity contribution in [2.45, 2.75) is 78.2 Å². The first kappa shape index (κ1) is 17.8. The van der Waals surface area contributed by atoms with E-state index in [1.807, 2.05) is 0 Å². The quantitative estimate of drug-likeness (QED) is 0.567. The van der Waals surface area contributed by atoms with Crippen molar-refractivity contribution in [1.82, 2.24) is 4.57 Å². The molecule has 0 saturated heterocycles. The maximum absolute atomic E-state index is 2.42. The van der Waals surface area contributed by atoms with Crippen molar-refractivity contribution in [2.24, 2.45) is 0 Å². The van der Waals surface area contributed by atoms with Gasteiger partial charge in [0.2, 0.25) is 0 Å². The minimum absolute atomic E-state index is 0. The molecule has 1 aromatic heterocycles. The molecule has 1 rings (SSSR count). The van der Waals surface area contributed by atoms with E-state index in [0.29, 0.717) is 0 Å². The van der Waals surface area contributed by atoms with Gasteiger partial charge in [0.15, 0.2) is 0 Å². The zero-order valence-corrected chi connectivity index (χ0v) is 14.3. The van der Waals surface area contributed by atoms with Gasteiger partial charge in [-0.05, 0) is 45.7 Å². The average Bonchev–Trinajstić information content (AvgIpc) is 2.71. The van der Waals surface area contributed by atoms with Crippen LogP contribution in [0, 0.1) is 0 Å². The fraction of sp³-hybridized carbons (Fsp3) is 0.750. The molecule has 0 aromatic carbocycles. The molecule has 0 aliphatic heterocycles. The van der Waals surface area contributed by atoms with Crippen LogP contribution in [0.1, 0.15) is 71.9 Å². The van der Waals surface area contributed by atoms with Gasteiger partial charge in [0.05, 0.1) is 0 Å². The van der Waals surface area contributed by atoms with E-state index >= 15 is 0 Å². The molecule has 106 valence electrons. The van der Waals surface area contributed by atoms with Crippen LogP contribution in [-0.2, 0) is 12.0 Å². The first-order valence-corrected chi connectivity index (χ1v) is 7.22. The Morgan fingerprint density at radius 3 is 2.22 bits per heavy atom. The standard InChI is InChI=1S/C16H29N.BrH/c1-5-6-7-8-9-10-12-15-13-11-14-17(15)16(2,3)4;/h11,13-14H,5-10,12H2,1-4H3;1H. The Balaban J connectivity index is 0.00000289. The molecule has 0 atom stereocenters. The monoisotopic (exact) mass is 315 g/mol. The molecule has 1 nitrogen and oxygen atoms in total. The van der Waals surface area contributed by atoms with E-state index in [-0.39, 0.29) is 22.5 Å². The van der Waals surface area contributed by atoms with E-state index in [0.717, 1.165) is 0 Å². The largest absolute Gasteiger partial charge is 0.346 e. The van der Waals surface area contributed by atoms with Crippen LogP contribution in [0.3, 0.4) is 0 Å². The minimum Gasteiger partial charge on any atom is -0.346 e. The molecule has 0 aliphatic carbocycles. The summed E-state index contributed by atoms with van der Waals surface area (Å²) in [6.07, 6.45) is 11.7. The normalized spacial score (nSPS) is 11.3. The molecular weight excluding hydrogens is 286 g/mol. The Morgan fingerprint density at radius 1 is 1.00 bits per heavy atom. The molecule has 0 unspecified atom stereocenters. The Morgan fingerprint density at radius 2 is 1.61 bits per heavy atom. The van der Waals surface area contributed by atoms with Crippen LogP contribution in [-0.4, -0.2) is 4.57 Å². The third-order valence-corrected chi connectivity index (χ3v) is 3.34. The molecule has 0 spiro atoms. The lowest BCUT2D eigenvalue weighted by Crippen LogP contribution is -2.22. The molecule has 1 aromatic rings. The zero-order valence-electron chi connectivity index (χ0n) is 12.5. The Kier molecular flexibility index (Phi) is 8.67. The number of hydrogen-bond donors (Lipinski definition) is 0. The molecule has 0 radical (unpaired) electrons. The van der Waals surface area contributed by atoms with Gasteiger partial charge in [-0.25, -0.2) is 0 Å². The van der Waals surface area contributed by atoms with Crippen LogP contribution >= 0.6 is 17.0 Å². The van der Waals surface area contributed by atoms with Crippen LogP contribution in [0.15, 0.2) is 18.3 Å². The lowest BCUT2D eigenvalue weighted by Gasteiger charge is -2.24. The molecule has 0 saturated carbocycles. The van der Waals surface area contributed by atoms with Crippen molar-refractivity contribution in [3.05, 3.63) is 24.0 Å². The fourth-order valence-electron chi connectivity index (χ4n) is 2.36. The molecule has 0 N–H and O–H groups in total. The summed E-state index contributed by atoms with van der Waals surface area (Å²) in [5, 5.41) is 0. The summed E-state index contributed by atoms with van der Waals surface area (Å²) >= 11 is 0. The van der Waals surface area contributed by atoms with Gasteiger partial charge in [-0.3, -0.25) is 0 Å². The molecule has 0 aliphatic rings. The molecular formula is C16H30BrN. The van der Waals surface area contributed by atoms with Gasteiger partial charge < -0.3 is 4.57 Å². The van der Waals surface area contributed by atoms with Crippen molar-refractivity contribution in [2.75, 3.05) is 0 Å². The van der Waals surface area contributed by atoms with Gasteiger partial charge in [-0.15, -0.1) is 17.0 Å². The Labute approximate surface area is 124 Å². The summed E-state index contributed by atoms with van der Waals surface area (Å²) in [5.41, 5.74) is 1.72. The first-order chi connectivity index (χ1) is 8.05. The van der Waals surface area contributed by atoms with Crippen molar-refractivity contribution < 1.29 is 0 Å². The number of hydrogen-bond acceptors (Lipinski definition) is 0. The van der Waals surface area contributed by atoms with Crippen LogP contribution in [0.5, 0.6) is 0 Å². The van der Waals surface area contributed by atoms with Gasteiger partial charge in [-0.2, -0.15) is 0 Å². The van der Waals surface area contributed by atoms with Gasteiger partial charge >= 0.3 is 0 Å². The van der Waals surface area contributed by atoms with E-state index in [9.17, 15) is 0 Å². The van der Waals surface area contributed by atoms with Crippen molar-refractivity contribution >= 4 is 17.0 Å². The minimum atomic E-state index is 0. The smallest absolute Gasteiger partial charge is 0.0358 e. The number of aromatic nitrogens is 1. The fourth-order valence-corrected chi connectivity index (χ4v) is 2.36. The summed E-state index contributed by atoms with van der Waals surface area (Å²) in [5.74, 6) is 0. The topological polar surface area (TPSA) is 4.93 Å².